The van der Waals surface area contributed by atoms with Crippen LogP contribution in [0.1, 0.15) is 19.0 Å². The second-order valence-electron chi connectivity index (χ2n) is 4.78. The van der Waals surface area contributed by atoms with E-state index in [4.69, 9.17) is 5.11 Å². The zero-order chi connectivity index (χ0) is 12.6. The Hall–Kier alpha value is -0.850. The van der Waals surface area contributed by atoms with Crippen LogP contribution in [0.4, 0.5) is 0 Å². The summed E-state index contributed by atoms with van der Waals surface area (Å²) in [6, 6.07) is 1.47. The van der Waals surface area contributed by atoms with Crippen molar-refractivity contribution in [3.63, 3.8) is 0 Å². The van der Waals surface area contributed by atoms with E-state index >= 15 is 0 Å². The number of aliphatic hydroxyl groups excluding tert-OH is 1. The van der Waals surface area contributed by atoms with Crippen LogP contribution >= 0.6 is 0 Å². The highest BCUT2D eigenvalue weighted by Crippen LogP contribution is 2.38. The van der Waals surface area contributed by atoms with Crippen molar-refractivity contribution < 1.29 is 13.5 Å². The fraction of sp³-hybridized carbons (Fsp3) is 0.636. The van der Waals surface area contributed by atoms with Gasteiger partial charge in [0.15, 0.2) is 0 Å². The third-order valence-corrected chi connectivity index (χ3v) is 5.16. The first-order valence-corrected chi connectivity index (χ1v) is 7.13. The van der Waals surface area contributed by atoms with Crippen LogP contribution in [0.25, 0.3) is 0 Å². The largest absolute Gasteiger partial charge is 0.390 e. The fourth-order valence-electron chi connectivity index (χ4n) is 1.92. The number of rotatable bonds is 5. The average molecular weight is 258 g/mol. The second kappa shape index (κ2) is 4.44. The third kappa shape index (κ3) is 2.53. The summed E-state index contributed by atoms with van der Waals surface area (Å²) in [4.78, 5) is 2.96. The van der Waals surface area contributed by atoms with Gasteiger partial charge in [-0.1, -0.05) is 6.92 Å². The number of aromatic nitrogens is 1. The summed E-state index contributed by atoms with van der Waals surface area (Å²) in [5.74, 6) is 1.12. The lowest BCUT2D eigenvalue weighted by molar-refractivity contribution is 0.277. The minimum absolute atomic E-state index is 0.182. The molecule has 0 bridgehead atoms. The minimum Gasteiger partial charge on any atom is -0.390 e. The summed E-state index contributed by atoms with van der Waals surface area (Å²) in [7, 11) is -1.81. The Morgan fingerprint density at radius 1 is 1.59 bits per heavy atom. The molecule has 1 aromatic heterocycles. The van der Waals surface area contributed by atoms with Gasteiger partial charge in [0, 0.05) is 25.5 Å². The predicted octanol–water partition coefficient (Wildman–Crippen LogP) is 0.783. The summed E-state index contributed by atoms with van der Waals surface area (Å²) in [5.41, 5.74) is 0.511. The summed E-state index contributed by atoms with van der Waals surface area (Å²) >= 11 is 0. The molecule has 0 radical (unpaired) electrons. The molecule has 1 saturated carbocycles. The summed E-state index contributed by atoms with van der Waals surface area (Å²) in [6.07, 6.45) is 2.53. The lowest BCUT2D eigenvalue weighted by Gasteiger charge is -2.15. The van der Waals surface area contributed by atoms with Gasteiger partial charge in [0.05, 0.1) is 11.5 Å². The molecule has 1 aliphatic carbocycles. The van der Waals surface area contributed by atoms with Crippen LogP contribution in [0.3, 0.4) is 0 Å². The Labute approximate surface area is 102 Å². The van der Waals surface area contributed by atoms with Crippen LogP contribution in [-0.4, -0.2) is 36.4 Å². The Morgan fingerprint density at radius 2 is 2.24 bits per heavy atom. The van der Waals surface area contributed by atoms with Crippen molar-refractivity contribution in [1.29, 1.82) is 0 Å². The van der Waals surface area contributed by atoms with Crippen molar-refractivity contribution in [2.24, 2.45) is 11.8 Å². The molecule has 2 N–H and O–H groups in total. The van der Waals surface area contributed by atoms with E-state index in [0.717, 1.165) is 6.42 Å². The Morgan fingerprint density at radius 3 is 2.71 bits per heavy atom. The van der Waals surface area contributed by atoms with Crippen LogP contribution in [0, 0.1) is 11.8 Å². The number of hydrogen-bond acceptors (Lipinski definition) is 3. The molecule has 17 heavy (non-hydrogen) atoms. The van der Waals surface area contributed by atoms with Crippen LogP contribution < -0.4 is 0 Å². The molecule has 1 fully saturated rings. The number of nitrogens with one attached hydrogen (secondary N) is 1. The van der Waals surface area contributed by atoms with Crippen LogP contribution in [0.5, 0.6) is 0 Å². The van der Waals surface area contributed by atoms with Crippen molar-refractivity contribution in [1.82, 2.24) is 9.29 Å². The number of H-pyrrole nitrogens is 1. The van der Waals surface area contributed by atoms with Gasteiger partial charge in [0.1, 0.15) is 0 Å². The molecule has 2 rings (SSSR count). The van der Waals surface area contributed by atoms with E-state index in [1.165, 1.54) is 16.6 Å². The lowest BCUT2D eigenvalue weighted by Crippen LogP contribution is -2.29. The normalized spacial score (nSPS) is 24.2. The first kappa shape index (κ1) is 12.6. The molecule has 0 amide bonds. The molecular weight excluding hydrogens is 240 g/mol. The molecule has 0 spiro atoms. The molecule has 2 atom stereocenters. The van der Waals surface area contributed by atoms with E-state index < -0.39 is 10.0 Å². The number of aliphatic hydroxyl groups is 1. The van der Waals surface area contributed by atoms with Gasteiger partial charge < -0.3 is 10.1 Å². The van der Waals surface area contributed by atoms with Gasteiger partial charge in [-0.25, -0.2) is 12.7 Å². The molecule has 1 heterocycles. The molecule has 96 valence electrons. The molecular formula is C11H18N2O3S. The van der Waals surface area contributed by atoms with Crippen molar-refractivity contribution in [2.75, 3.05) is 13.6 Å². The molecule has 1 aliphatic rings. The molecule has 1 aromatic rings. The Bertz CT molecular complexity index is 495. The zero-order valence-corrected chi connectivity index (χ0v) is 10.9. The van der Waals surface area contributed by atoms with Gasteiger partial charge in [-0.2, -0.15) is 0 Å². The van der Waals surface area contributed by atoms with Gasteiger partial charge in [0.2, 0.25) is 10.0 Å². The molecule has 2 unspecified atom stereocenters. The van der Waals surface area contributed by atoms with E-state index in [-0.39, 0.29) is 11.5 Å². The van der Waals surface area contributed by atoms with Gasteiger partial charge in [0.25, 0.3) is 0 Å². The monoisotopic (exact) mass is 258 g/mol. The fourth-order valence-corrected chi connectivity index (χ4v) is 3.17. The molecule has 0 saturated heterocycles. The molecule has 6 heteroatoms. The lowest BCUT2D eigenvalue weighted by atomic mass is 10.3. The summed E-state index contributed by atoms with van der Waals surface area (Å²) in [6.45, 7) is 2.52. The molecule has 5 nitrogen and oxygen atoms in total. The van der Waals surface area contributed by atoms with Crippen molar-refractivity contribution >= 4 is 10.0 Å². The highest BCUT2D eigenvalue weighted by molar-refractivity contribution is 7.89. The molecule has 0 aromatic carbocycles. The summed E-state index contributed by atoms with van der Waals surface area (Å²) in [5, 5.41) is 8.91. The maximum Gasteiger partial charge on any atom is 0.244 e. The highest BCUT2D eigenvalue weighted by Gasteiger charge is 2.36. The van der Waals surface area contributed by atoms with Crippen LogP contribution in [0.2, 0.25) is 0 Å². The number of nitrogens with zero attached hydrogens (tertiary/aromatic N) is 1. The SMILES string of the molecule is CC1CC1CN(C)S(=O)(=O)c1c[nH]c(CO)c1. The maximum absolute atomic E-state index is 12.2. The first-order chi connectivity index (χ1) is 7.95. The topological polar surface area (TPSA) is 73.4 Å². The second-order valence-corrected chi connectivity index (χ2v) is 6.82. The first-order valence-electron chi connectivity index (χ1n) is 5.69. The van der Waals surface area contributed by atoms with Crippen LogP contribution in [-0.2, 0) is 16.6 Å². The van der Waals surface area contributed by atoms with Gasteiger partial charge >= 0.3 is 0 Å². The quantitative estimate of drug-likeness (QED) is 0.820. The Balaban J connectivity index is 2.11. The standard InChI is InChI=1S/C11H18N2O3S/c1-8-3-9(8)6-13(2)17(15,16)11-4-10(7-14)12-5-11/h4-5,8-9,12,14H,3,6-7H2,1-2H3. The number of sulfonamides is 1. The van der Waals surface area contributed by atoms with Crippen molar-refractivity contribution in [2.45, 2.75) is 24.8 Å². The van der Waals surface area contributed by atoms with Gasteiger partial charge in [-0.05, 0) is 24.3 Å². The smallest absolute Gasteiger partial charge is 0.244 e. The van der Waals surface area contributed by atoms with E-state index in [2.05, 4.69) is 11.9 Å². The highest BCUT2D eigenvalue weighted by atomic mass is 32.2. The van der Waals surface area contributed by atoms with Gasteiger partial charge in [-0.15, -0.1) is 0 Å². The minimum atomic E-state index is -3.42. The van der Waals surface area contributed by atoms with E-state index in [1.807, 2.05) is 0 Å². The molecule has 0 aliphatic heterocycles. The van der Waals surface area contributed by atoms with Crippen molar-refractivity contribution in [3.8, 4) is 0 Å². The van der Waals surface area contributed by atoms with Gasteiger partial charge in [-0.3, -0.25) is 0 Å². The zero-order valence-electron chi connectivity index (χ0n) is 10.0. The van der Waals surface area contributed by atoms with E-state index in [9.17, 15) is 8.42 Å². The number of hydrogen-bond donors (Lipinski definition) is 2. The van der Waals surface area contributed by atoms with Crippen molar-refractivity contribution in [3.05, 3.63) is 18.0 Å². The van der Waals surface area contributed by atoms with E-state index in [0.29, 0.717) is 24.1 Å². The number of aromatic amines is 1. The van der Waals surface area contributed by atoms with Crippen LogP contribution in [0.15, 0.2) is 17.2 Å². The Kier molecular flexibility index (Phi) is 3.29. The summed E-state index contributed by atoms with van der Waals surface area (Å²) < 4.78 is 25.7. The predicted molar refractivity (Wildman–Crippen MR) is 63.8 cm³/mol. The average Bonchev–Trinajstić information content (AvgIpc) is 2.83. The van der Waals surface area contributed by atoms with E-state index in [1.54, 1.807) is 7.05 Å². The maximum atomic E-state index is 12.2. The third-order valence-electron chi connectivity index (χ3n) is 3.36.